The monoisotopic (exact) mass is 588 g/mol. The van der Waals surface area contributed by atoms with Crippen LogP contribution in [0.2, 0.25) is 0 Å². The van der Waals surface area contributed by atoms with Crippen LogP contribution in [-0.4, -0.2) is 81.7 Å². The zero-order valence-electron chi connectivity index (χ0n) is 25.3. The van der Waals surface area contributed by atoms with Crippen LogP contribution in [0.3, 0.4) is 0 Å². The van der Waals surface area contributed by atoms with Gasteiger partial charge in [0.15, 0.2) is 6.61 Å². The lowest BCUT2D eigenvalue weighted by Crippen LogP contribution is -2.58. The van der Waals surface area contributed by atoms with E-state index in [0.29, 0.717) is 70.6 Å². The molecule has 0 bridgehead atoms. The summed E-state index contributed by atoms with van der Waals surface area (Å²) in [5.74, 6) is 0.385. The van der Waals surface area contributed by atoms with E-state index in [4.69, 9.17) is 9.47 Å². The number of likely N-dealkylation sites (tertiary alicyclic amines) is 1. The molecule has 9 heteroatoms. The van der Waals surface area contributed by atoms with Crippen molar-refractivity contribution in [2.75, 3.05) is 51.9 Å². The fourth-order valence-corrected chi connectivity index (χ4v) is 6.30. The van der Waals surface area contributed by atoms with Crippen LogP contribution in [0.4, 0.5) is 5.69 Å². The molecular formula is C34H44N4O5. The van der Waals surface area contributed by atoms with Crippen LogP contribution >= 0.6 is 0 Å². The van der Waals surface area contributed by atoms with Gasteiger partial charge in [-0.1, -0.05) is 48.6 Å². The number of nitrogens with zero attached hydrogens (tertiary/aromatic N) is 2. The molecule has 3 heterocycles. The zero-order valence-corrected chi connectivity index (χ0v) is 25.3. The van der Waals surface area contributed by atoms with Crippen LogP contribution in [0, 0.1) is 11.3 Å². The van der Waals surface area contributed by atoms with E-state index >= 15 is 0 Å². The maximum atomic E-state index is 13.8. The summed E-state index contributed by atoms with van der Waals surface area (Å²) in [6.45, 7) is 2.08. The summed E-state index contributed by atoms with van der Waals surface area (Å²) in [5, 5.41) is 6.40. The predicted octanol–water partition coefficient (Wildman–Crippen LogP) is 3.34. The Hall–Kier alpha value is -3.85. The van der Waals surface area contributed by atoms with Gasteiger partial charge in [-0.3, -0.25) is 14.4 Å². The maximum absolute atomic E-state index is 13.8. The van der Waals surface area contributed by atoms with E-state index in [1.807, 2.05) is 78.5 Å². The van der Waals surface area contributed by atoms with Gasteiger partial charge in [0, 0.05) is 70.5 Å². The van der Waals surface area contributed by atoms with Crippen LogP contribution in [0.5, 0.6) is 5.75 Å². The molecule has 3 aliphatic rings. The highest BCUT2D eigenvalue weighted by molar-refractivity contribution is 5.90. The van der Waals surface area contributed by atoms with Gasteiger partial charge >= 0.3 is 0 Å². The van der Waals surface area contributed by atoms with Gasteiger partial charge in [0.2, 0.25) is 11.8 Å². The van der Waals surface area contributed by atoms with E-state index in [2.05, 4.69) is 22.8 Å². The van der Waals surface area contributed by atoms with Gasteiger partial charge in [-0.05, 0) is 49.8 Å². The van der Waals surface area contributed by atoms with Gasteiger partial charge in [0.25, 0.3) is 5.91 Å². The second kappa shape index (κ2) is 14.1. The van der Waals surface area contributed by atoms with Crippen molar-refractivity contribution in [3.05, 3.63) is 72.3 Å². The van der Waals surface area contributed by atoms with Crippen molar-refractivity contribution < 1.29 is 23.9 Å². The molecule has 2 fully saturated rings. The standard InChI is InChI=1S/C34H44N4O5/c1-37(2)27-12-8-13-28(22-27)43-24-31(39)38-18-14-29-26(23-38)11-6-7-15-34(16-19-42-20-17-34)33(41)36-30(32(40)35-29)21-25-9-4-3-5-10-25/h3-10,12-13,22,26,29-30H,11,14-21,23-24H2,1-2H3,(H,35,40)(H,36,41)/b7-6+/t26-,29+,30-/m1/s1. The van der Waals surface area contributed by atoms with Crippen LogP contribution < -0.4 is 20.3 Å². The number of benzene rings is 2. The Bertz CT molecular complexity index is 1290. The quantitative estimate of drug-likeness (QED) is 0.503. The minimum absolute atomic E-state index is 0.0355. The third-order valence-corrected chi connectivity index (χ3v) is 9.06. The van der Waals surface area contributed by atoms with Crippen molar-refractivity contribution in [3.63, 3.8) is 0 Å². The topological polar surface area (TPSA) is 100 Å². The summed E-state index contributed by atoms with van der Waals surface area (Å²) in [6, 6.07) is 16.7. The highest BCUT2D eigenvalue weighted by Gasteiger charge is 2.41. The van der Waals surface area contributed by atoms with E-state index in [1.54, 1.807) is 0 Å². The number of anilines is 1. The molecule has 2 saturated heterocycles. The first-order valence-electron chi connectivity index (χ1n) is 15.4. The first kappa shape index (κ1) is 30.6. The molecule has 1 spiro atoms. The van der Waals surface area contributed by atoms with Gasteiger partial charge in [-0.25, -0.2) is 0 Å². The van der Waals surface area contributed by atoms with Gasteiger partial charge in [-0.15, -0.1) is 0 Å². The summed E-state index contributed by atoms with van der Waals surface area (Å²) >= 11 is 0. The molecule has 2 aromatic carbocycles. The molecule has 3 aliphatic heterocycles. The first-order valence-corrected chi connectivity index (χ1v) is 15.4. The fourth-order valence-electron chi connectivity index (χ4n) is 6.30. The molecule has 2 N–H and O–H groups in total. The molecular weight excluding hydrogens is 544 g/mol. The van der Waals surface area contributed by atoms with Gasteiger partial charge in [0.05, 0.1) is 5.41 Å². The van der Waals surface area contributed by atoms with Crippen molar-refractivity contribution in [3.8, 4) is 5.75 Å². The molecule has 5 rings (SSSR count). The van der Waals surface area contributed by atoms with Crippen LogP contribution in [0.15, 0.2) is 66.7 Å². The Labute approximate surface area is 254 Å². The van der Waals surface area contributed by atoms with Gasteiger partial charge < -0.3 is 29.9 Å². The van der Waals surface area contributed by atoms with Crippen molar-refractivity contribution in [2.45, 2.75) is 50.6 Å². The second-order valence-corrected chi connectivity index (χ2v) is 12.2. The molecule has 0 aromatic heterocycles. The van der Waals surface area contributed by atoms with Crippen molar-refractivity contribution in [2.24, 2.45) is 11.3 Å². The third-order valence-electron chi connectivity index (χ3n) is 9.06. The lowest BCUT2D eigenvalue weighted by atomic mass is 9.75. The summed E-state index contributed by atoms with van der Waals surface area (Å²) in [7, 11) is 3.93. The summed E-state index contributed by atoms with van der Waals surface area (Å²) < 4.78 is 11.5. The van der Waals surface area contributed by atoms with Crippen molar-refractivity contribution >= 4 is 23.4 Å². The van der Waals surface area contributed by atoms with Crippen LogP contribution in [0.25, 0.3) is 0 Å². The van der Waals surface area contributed by atoms with Crippen molar-refractivity contribution in [1.29, 1.82) is 0 Å². The molecule has 0 aliphatic carbocycles. The van der Waals surface area contributed by atoms with Gasteiger partial charge in [-0.2, -0.15) is 0 Å². The molecule has 0 saturated carbocycles. The molecule has 2 aromatic rings. The summed E-state index contributed by atoms with van der Waals surface area (Å²) in [5.41, 5.74) is 1.40. The lowest BCUT2D eigenvalue weighted by Gasteiger charge is -2.40. The molecule has 0 radical (unpaired) electrons. The lowest BCUT2D eigenvalue weighted by molar-refractivity contribution is -0.140. The fraction of sp³-hybridized carbons (Fsp3) is 0.500. The number of amides is 3. The van der Waals surface area contributed by atoms with Crippen LogP contribution in [0.1, 0.15) is 37.7 Å². The normalized spacial score (nSPS) is 24.9. The number of hydrogen-bond donors (Lipinski definition) is 2. The first-order chi connectivity index (χ1) is 20.8. The molecule has 3 amide bonds. The second-order valence-electron chi connectivity index (χ2n) is 12.2. The van der Waals surface area contributed by atoms with Crippen molar-refractivity contribution in [1.82, 2.24) is 15.5 Å². The Morgan fingerprint density at radius 3 is 2.60 bits per heavy atom. The molecule has 9 nitrogen and oxygen atoms in total. The Morgan fingerprint density at radius 2 is 1.84 bits per heavy atom. The number of hydrogen-bond acceptors (Lipinski definition) is 6. The average Bonchev–Trinajstić information content (AvgIpc) is 3.02. The molecule has 43 heavy (non-hydrogen) atoms. The Kier molecular flexibility index (Phi) is 10.0. The van der Waals surface area contributed by atoms with Gasteiger partial charge in [0.1, 0.15) is 11.8 Å². The highest BCUT2D eigenvalue weighted by atomic mass is 16.5. The number of nitrogens with one attached hydrogen (secondary N) is 2. The van der Waals surface area contributed by atoms with E-state index in [0.717, 1.165) is 11.3 Å². The number of carbonyl (C=O) groups excluding carboxylic acids is 3. The smallest absolute Gasteiger partial charge is 0.260 e. The van der Waals surface area contributed by atoms with E-state index in [-0.39, 0.29) is 36.3 Å². The number of piperidine rings is 1. The minimum atomic E-state index is -0.690. The molecule has 230 valence electrons. The highest BCUT2D eigenvalue weighted by Crippen LogP contribution is 2.36. The third kappa shape index (κ3) is 7.76. The van der Waals surface area contributed by atoms with E-state index < -0.39 is 11.5 Å². The Balaban J connectivity index is 1.30. The average molecular weight is 589 g/mol. The molecule has 0 unspecified atom stereocenters. The maximum Gasteiger partial charge on any atom is 0.260 e. The number of allylic oxidation sites excluding steroid dienone is 2. The number of rotatable bonds is 6. The minimum Gasteiger partial charge on any atom is -0.484 e. The van der Waals surface area contributed by atoms with E-state index in [1.165, 1.54) is 0 Å². The summed E-state index contributed by atoms with van der Waals surface area (Å²) in [6.07, 6.45) is 7.82. The largest absolute Gasteiger partial charge is 0.484 e. The number of ether oxygens (including phenoxy) is 2. The Morgan fingerprint density at radius 1 is 1.05 bits per heavy atom. The zero-order chi connectivity index (χ0) is 30.2. The number of carbonyl (C=O) groups is 3. The number of fused-ring (bicyclic) bond motifs is 1. The summed E-state index contributed by atoms with van der Waals surface area (Å²) in [4.78, 5) is 44.6. The van der Waals surface area contributed by atoms with Crippen LogP contribution in [-0.2, 0) is 25.5 Å². The van der Waals surface area contributed by atoms with E-state index in [9.17, 15) is 14.4 Å². The molecule has 3 atom stereocenters. The predicted molar refractivity (Wildman–Crippen MR) is 166 cm³/mol. The SMILES string of the molecule is CN(C)c1cccc(OCC(=O)N2CC[C@@H]3NC(=O)[C@@H](Cc4ccccc4)NC(=O)C4(C/C=C/C[C@@H]3C2)CCOCC4)c1.